The molecular formula is C11H18N2O. The van der Waals surface area contributed by atoms with Crippen LogP contribution in [-0.2, 0) is 0 Å². The van der Waals surface area contributed by atoms with Gasteiger partial charge in [0.05, 0.1) is 13.8 Å². The molecule has 0 saturated carbocycles. The molecule has 1 aromatic rings. The second-order valence-electron chi connectivity index (χ2n) is 3.49. The average molecular weight is 194 g/mol. The lowest BCUT2D eigenvalue weighted by molar-refractivity contribution is 0.411. The van der Waals surface area contributed by atoms with Crippen LogP contribution in [0.5, 0.6) is 5.75 Å². The zero-order valence-corrected chi connectivity index (χ0v) is 9.29. The van der Waals surface area contributed by atoms with Gasteiger partial charge in [-0.15, -0.1) is 0 Å². The lowest BCUT2D eigenvalue weighted by Crippen LogP contribution is -2.25. The fourth-order valence-corrected chi connectivity index (χ4v) is 1.50. The number of hydrogen-bond donors (Lipinski definition) is 1. The minimum absolute atomic E-state index is 0.520. The van der Waals surface area contributed by atoms with Crippen LogP contribution in [0, 0.1) is 13.8 Å². The van der Waals surface area contributed by atoms with E-state index in [9.17, 15) is 0 Å². The van der Waals surface area contributed by atoms with Crippen LogP contribution in [-0.4, -0.2) is 20.8 Å². The summed E-state index contributed by atoms with van der Waals surface area (Å²) in [6.07, 6.45) is 0. The first-order chi connectivity index (χ1) is 6.60. The van der Waals surface area contributed by atoms with Gasteiger partial charge < -0.3 is 15.4 Å². The van der Waals surface area contributed by atoms with Crippen LogP contribution in [0.15, 0.2) is 12.1 Å². The topological polar surface area (TPSA) is 38.5 Å². The summed E-state index contributed by atoms with van der Waals surface area (Å²) in [6.45, 7) is 4.61. The first-order valence-corrected chi connectivity index (χ1v) is 4.66. The number of hydrogen-bond acceptors (Lipinski definition) is 3. The van der Waals surface area contributed by atoms with E-state index in [1.165, 1.54) is 5.56 Å². The minimum atomic E-state index is 0.520. The summed E-state index contributed by atoms with van der Waals surface area (Å²) in [4.78, 5) is 2.02. The maximum Gasteiger partial charge on any atom is 0.122 e. The largest absolute Gasteiger partial charge is 0.496 e. The van der Waals surface area contributed by atoms with E-state index in [1.807, 2.05) is 24.9 Å². The molecule has 0 saturated heterocycles. The summed E-state index contributed by atoms with van der Waals surface area (Å²) in [5.41, 5.74) is 9.06. The van der Waals surface area contributed by atoms with Crippen molar-refractivity contribution in [3.8, 4) is 5.75 Å². The molecule has 3 heteroatoms. The number of aryl methyl sites for hydroxylation is 2. The summed E-state index contributed by atoms with van der Waals surface area (Å²) in [6, 6.07) is 4.14. The average Bonchev–Trinajstić information content (AvgIpc) is 2.19. The number of nitrogens with two attached hydrogens (primary N) is 1. The molecule has 0 fully saturated rings. The van der Waals surface area contributed by atoms with Gasteiger partial charge in [-0.3, -0.25) is 0 Å². The summed E-state index contributed by atoms with van der Waals surface area (Å²) < 4.78 is 5.24. The first-order valence-electron chi connectivity index (χ1n) is 4.66. The number of methoxy groups -OCH3 is 1. The molecule has 0 atom stereocenters. The molecule has 0 unspecified atom stereocenters. The Hall–Kier alpha value is -1.22. The van der Waals surface area contributed by atoms with Gasteiger partial charge in [-0.1, -0.05) is 0 Å². The molecule has 1 aromatic carbocycles. The number of anilines is 1. The van der Waals surface area contributed by atoms with E-state index < -0.39 is 0 Å². The van der Waals surface area contributed by atoms with Gasteiger partial charge in [-0.2, -0.15) is 0 Å². The Morgan fingerprint density at radius 1 is 1.29 bits per heavy atom. The highest BCUT2D eigenvalue weighted by Crippen LogP contribution is 2.27. The predicted molar refractivity (Wildman–Crippen MR) is 59.9 cm³/mol. The summed E-state index contributed by atoms with van der Waals surface area (Å²) in [5, 5.41) is 0. The zero-order chi connectivity index (χ0) is 10.7. The highest BCUT2D eigenvalue weighted by molar-refractivity contribution is 5.58. The predicted octanol–water partition coefficient (Wildman–Crippen LogP) is 1.66. The van der Waals surface area contributed by atoms with Gasteiger partial charge >= 0.3 is 0 Å². The highest BCUT2D eigenvalue weighted by Gasteiger charge is 2.07. The first kappa shape index (κ1) is 10.9. The van der Waals surface area contributed by atoms with E-state index >= 15 is 0 Å². The van der Waals surface area contributed by atoms with Crippen LogP contribution in [0.4, 0.5) is 5.69 Å². The van der Waals surface area contributed by atoms with Gasteiger partial charge in [-0.25, -0.2) is 0 Å². The van der Waals surface area contributed by atoms with Crippen LogP contribution in [0.1, 0.15) is 11.1 Å². The van der Waals surface area contributed by atoms with E-state index in [2.05, 4.69) is 13.0 Å². The number of rotatable bonds is 3. The smallest absolute Gasteiger partial charge is 0.122 e. The maximum atomic E-state index is 5.59. The van der Waals surface area contributed by atoms with Gasteiger partial charge in [0.25, 0.3) is 0 Å². The molecule has 0 heterocycles. The molecule has 1 rings (SSSR count). The molecule has 78 valence electrons. The Labute approximate surface area is 85.5 Å². The Morgan fingerprint density at radius 3 is 2.43 bits per heavy atom. The quantitative estimate of drug-likeness (QED) is 0.744. The van der Waals surface area contributed by atoms with Crippen LogP contribution in [0.3, 0.4) is 0 Å². The Morgan fingerprint density at radius 2 is 1.93 bits per heavy atom. The van der Waals surface area contributed by atoms with E-state index in [-0.39, 0.29) is 0 Å². The van der Waals surface area contributed by atoms with Crippen LogP contribution in [0.2, 0.25) is 0 Å². The number of ether oxygens (including phenoxy) is 1. The van der Waals surface area contributed by atoms with Crippen LogP contribution in [0.25, 0.3) is 0 Å². The molecule has 0 radical (unpaired) electrons. The lowest BCUT2D eigenvalue weighted by atomic mass is 10.1. The third kappa shape index (κ3) is 1.99. The third-order valence-electron chi connectivity index (χ3n) is 2.40. The van der Waals surface area contributed by atoms with Crippen molar-refractivity contribution in [3.63, 3.8) is 0 Å². The van der Waals surface area contributed by atoms with Gasteiger partial charge in [0.1, 0.15) is 5.75 Å². The Balaban J connectivity index is 3.14. The van der Waals surface area contributed by atoms with Gasteiger partial charge in [0, 0.05) is 12.7 Å². The van der Waals surface area contributed by atoms with Crippen molar-refractivity contribution in [3.05, 3.63) is 23.3 Å². The molecule has 0 aromatic heterocycles. The van der Waals surface area contributed by atoms with Gasteiger partial charge in [0.15, 0.2) is 0 Å². The van der Waals surface area contributed by atoms with E-state index in [0.717, 1.165) is 17.0 Å². The van der Waals surface area contributed by atoms with Gasteiger partial charge in [0.2, 0.25) is 0 Å². The summed E-state index contributed by atoms with van der Waals surface area (Å²) >= 11 is 0. The van der Waals surface area contributed by atoms with E-state index in [0.29, 0.717) is 6.67 Å². The van der Waals surface area contributed by atoms with Crippen molar-refractivity contribution in [2.75, 3.05) is 25.7 Å². The van der Waals surface area contributed by atoms with E-state index in [4.69, 9.17) is 10.5 Å². The fourth-order valence-electron chi connectivity index (χ4n) is 1.50. The SMILES string of the molecule is COc1cc(C)c(N(C)CN)cc1C. The lowest BCUT2D eigenvalue weighted by Gasteiger charge is -2.20. The standard InChI is InChI=1S/C11H18N2O/c1-8-6-11(14-4)9(2)5-10(8)13(3)7-12/h5-6H,7,12H2,1-4H3. The van der Waals surface area contributed by atoms with Crippen molar-refractivity contribution in [2.24, 2.45) is 5.73 Å². The molecule has 0 aliphatic heterocycles. The van der Waals surface area contributed by atoms with Crippen molar-refractivity contribution in [1.29, 1.82) is 0 Å². The monoisotopic (exact) mass is 194 g/mol. The van der Waals surface area contributed by atoms with Crippen molar-refractivity contribution in [2.45, 2.75) is 13.8 Å². The Bertz CT molecular complexity index is 323. The molecule has 0 aliphatic rings. The molecular weight excluding hydrogens is 176 g/mol. The minimum Gasteiger partial charge on any atom is -0.496 e. The van der Waals surface area contributed by atoms with Crippen LogP contribution < -0.4 is 15.4 Å². The Kier molecular flexibility index (Phi) is 3.36. The zero-order valence-electron chi connectivity index (χ0n) is 9.29. The molecule has 0 amide bonds. The van der Waals surface area contributed by atoms with Crippen molar-refractivity contribution >= 4 is 5.69 Å². The van der Waals surface area contributed by atoms with E-state index in [1.54, 1.807) is 7.11 Å². The van der Waals surface area contributed by atoms with Gasteiger partial charge in [-0.05, 0) is 37.1 Å². The highest BCUT2D eigenvalue weighted by atomic mass is 16.5. The molecule has 0 spiro atoms. The van der Waals surface area contributed by atoms with Crippen LogP contribution >= 0.6 is 0 Å². The van der Waals surface area contributed by atoms with Crippen molar-refractivity contribution in [1.82, 2.24) is 0 Å². The molecule has 2 N–H and O–H groups in total. The molecule has 3 nitrogen and oxygen atoms in total. The summed E-state index contributed by atoms with van der Waals surface area (Å²) in [5.74, 6) is 0.927. The normalized spacial score (nSPS) is 10.1. The molecule has 14 heavy (non-hydrogen) atoms. The third-order valence-corrected chi connectivity index (χ3v) is 2.40. The maximum absolute atomic E-state index is 5.59. The molecule has 0 aliphatic carbocycles. The molecule has 0 bridgehead atoms. The van der Waals surface area contributed by atoms with Crippen molar-refractivity contribution < 1.29 is 4.74 Å². The fraction of sp³-hybridized carbons (Fsp3) is 0.455. The summed E-state index contributed by atoms with van der Waals surface area (Å²) in [7, 11) is 3.67. The second kappa shape index (κ2) is 4.33. The number of nitrogens with zero attached hydrogens (tertiary/aromatic N) is 1. The second-order valence-corrected chi connectivity index (χ2v) is 3.49. The number of benzene rings is 1.